The first-order chi connectivity index (χ1) is 12.1. The zero-order valence-electron chi connectivity index (χ0n) is 13.2. The Labute approximate surface area is 153 Å². The molecule has 0 aliphatic heterocycles. The van der Waals surface area contributed by atoms with Crippen molar-refractivity contribution in [3.8, 4) is 5.88 Å². The van der Waals surface area contributed by atoms with Crippen molar-refractivity contribution in [3.63, 3.8) is 0 Å². The Morgan fingerprint density at radius 1 is 1.28 bits per heavy atom. The predicted octanol–water partition coefficient (Wildman–Crippen LogP) is 3.26. The molecular formula is C15H14Cl2N6O2. The van der Waals surface area contributed by atoms with E-state index in [1.165, 1.54) is 23.1 Å². The average molecular weight is 381 g/mol. The Kier molecular flexibility index (Phi) is 5.30. The summed E-state index contributed by atoms with van der Waals surface area (Å²) in [6, 6.07) is 3.00. The first-order valence-electron chi connectivity index (χ1n) is 7.54. The Bertz CT molecular complexity index is 914. The number of rotatable bonds is 6. The van der Waals surface area contributed by atoms with Crippen molar-refractivity contribution in [1.82, 2.24) is 24.6 Å². The highest BCUT2D eigenvalue weighted by Crippen LogP contribution is 2.20. The third-order valence-electron chi connectivity index (χ3n) is 3.26. The third-order valence-corrected chi connectivity index (χ3v) is 3.72. The van der Waals surface area contributed by atoms with E-state index in [4.69, 9.17) is 27.9 Å². The lowest BCUT2D eigenvalue weighted by Gasteiger charge is -2.07. The van der Waals surface area contributed by atoms with Crippen molar-refractivity contribution in [2.75, 3.05) is 11.9 Å². The normalized spacial score (nSPS) is 10.8. The van der Waals surface area contributed by atoms with Crippen molar-refractivity contribution >= 4 is 40.6 Å². The van der Waals surface area contributed by atoms with Gasteiger partial charge >= 0.3 is 0 Å². The molecule has 3 aromatic heterocycles. The highest BCUT2D eigenvalue weighted by atomic mass is 35.5. The summed E-state index contributed by atoms with van der Waals surface area (Å²) >= 11 is 11.9. The van der Waals surface area contributed by atoms with Crippen molar-refractivity contribution in [3.05, 3.63) is 40.5 Å². The maximum atomic E-state index is 12.5. The summed E-state index contributed by atoms with van der Waals surface area (Å²) in [5.41, 5.74) is 0.508. The summed E-state index contributed by atoms with van der Waals surface area (Å²) in [5.74, 6) is 0.229. The molecule has 3 heterocycles. The molecule has 0 aromatic carbocycles. The van der Waals surface area contributed by atoms with Crippen LogP contribution in [0.15, 0.2) is 24.7 Å². The van der Waals surface area contributed by atoms with Crippen LogP contribution in [0.4, 0.5) is 5.82 Å². The first kappa shape index (κ1) is 17.4. The van der Waals surface area contributed by atoms with Crippen LogP contribution in [-0.2, 0) is 0 Å². The number of carbonyl (C=O) groups is 1. The Hall–Kier alpha value is -2.45. The van der Waals surface area contributed by atoms with Gasteiger partial charge in [-0.2, -0.15) is 5.10 Å². The van der Waals surface area contributed by atoms with Crippen LogP contribution in [0.3, 0.4) is 0 Å². The minimum atomic E-state index is -0.462. The van der Waals surface area contributed by atoms with Crippen molar-refractivity contribution in [2.45, 2.75) is 19.8 Å². The third kappa shape index (κ3) is 3.97. The topological polar surface area (TPSA) is 94.3 Å². The molecule has 0 saturated carbocycles. The van der Waals surface area contributed by atoms with Gasteiger partial charge in [-0.05, 0) is 12.5 Å². The van der Waals surface area contributed by atoms with E-state index in [2.05, 4.69) is 32.3 Å². The maximum absolute atomic E-state index is 12.5. The highest BCUT2D eigenvalue weighted by molar-refractivity contribution is 6.35. The summed E-state index contributed by atoms with van der Waals surface area (Å²) < 4.78 is 6.77. The Morgan fingerprint density at radius 3 is 2.92 bits per heavy atom. The number of imidazole rings is 1. The minimum absolute atomic E-state index is 0.151. The number of halogens is 2. The molecule has 10 heteroatoms. The average Bonchev–Trinajstić information content (AvgIpc) is 2.99. The number of nitrogens with one attached hydrogen (secondary N) is 1. The molecule has 1 N–H and O–H groups in total. The van der Waals surface area contributed by atoms with Crippen LogP contribution < -0.4 is 10.1 Å². The summed E-state index contributed by atoms with van der Waals surface area (Å²) in [5, 5.41) is 7.14. The van der Waals surface area contributed by atoms with Gasteiger partial charge in [0.25, 0.3) is 5.91 Å². The van der Waals surface area contributed by atoms with Crippen LogP contribution in [0.25, 0.3) is 5.65 Å². The molecule has 0 saturated heterocycles. The fraction of sp³-hybridized carbons (Fsp3) is 0.267. The molecule has 25 heavy (non-hydrogen) atoms. The second-order valence-corrected chi connectivity index (χ2v) is 5.89. The van der Waals surface area contributed by atoms with Crippen LogP contribution in [0.2, 0.25) is 10.2 Å². The van der Waals surface area contributed by atoms with E-state index >= 15 is 0 Å². The van der Waals surface area contributed by atoms with Crippen LogP contribution >= 0.6 is 23.2 Å². The van der Waals surface area contributed by atoms with Gasteiger partial charge < -0.3 is 10.1 Å². The number of carbonyl (C=O) groups excluding carboxylic acids is 1. The van der Waals surface area contributed by atoms with Gasteiger partial charge in [-0.1, -0.05) is 36.5 Å². The fourth-order valence-corrected chi connectivity index (χ4v) is 2.52. The van der Waals surface area contributed by atoms with E-state index < -0.39 is 5.91 Å². The predicted molar refractivity (Wildman–Crippen MR) is 93.4 cm³/mol. The van der Waals surface area contributed by atoms with E-state index in [0.717, 1.165) is 12.8 Å². The van der Waals surface area contributed by atoms with E-state index in [1.54, 1.807) is 6.07 Å². The van der Waals surface area contributed by atoms with Gasteiger partial charge in [-0.15, -0.1) is 0 Å². The van der Waals surface area contributed by atoms with Crippen LogP contribution in [0.1, 0.15) is 30.3 Å². The quantitative estimate of drug-likeness (QED) is 0.659. The molecule has 0 aliphatic rings. The molecule has 0 spiro atoms. The zero-order valence-corrected chi connectivity index (χ0v) is 14.8. The van der Waals surface area contributed by atoms with Gasteiger partial charge in [-0.25, -0.2) is 19.5 Å². The molecule has 0 radical (unpaired) electrons. The number of hydrogen-bond acceptors (Lipinski definition) is 6. The van der Waals surface area contributed by atoms with Crippen molar-refractivity contribution in [1.29, 1.82) is 0 Å². The summed E-state index contributed by atoms with van der Waals surface area (Å²) in [6.07, 6.45) is 4.61. The number of hydrogen-bond donors (Lipinski definition) is 1. The minimum Gasteiger partial charge on any atom is -0.478 e. The molecule has 1 amide bonds. The molecule has 0 bridgehead atoms. The first-order valence-corrected chi connectivity index (χ1v) is 8.30. The summed E-state index contributed by atoms with van der Waals surface area (Å²) in [4.78, 5) is 24.6. The van der Waals surface area contributed by atoms with Crippen LogP contribution in [0.5, 0.6) is 5.88 Å². The van der Waals surface area contributed by atoms with E-state index in [1.807, 2.05) is 0 Å². The molecule has 0 aliphatic carbocycles. The largest absolute Gasteiger partial charge is 0.478 e. The second-order valence-electron chi connectivity index (χ2n) is 5.09. The highest BCUT2D eigenvalue weighted by Gasteiger charge is 2.16. The van der Waals surface area contributed by atoms with E-state index in [9.17, 15) is 4.79 Å². The smallest absolute Gasteiger partial charge is 0.277 e. The van der Waals surface area contributed by atoms with E-state index in [-0.39, 0.29) is 10.8 Å². The van der Waals surface area contributed by atoms with Gasteiger partial charge in [-0.3, -0.25) is 4.79 Å². The molecule has 130 valence electrons. The lowest BCUT2D eigenvalue weighted by Crippen LogP contribution is -2.16. The van der Waals surface area contributed by atoms with Gasteiger partial charge in [0.15, 0.2) is 16.5 Å². The van der Waals surface area contributed by atoms with Crippen LogP contribution in [-0.4, -0.2) is 37.1 Å². The van der Waals surface area contributed by atoms with E-state index in [0.29, 0.717) is 29.0 Å². The number of ether oxygens (including phenoxy) is 1. The zero-order chi connectivity index (χ0) is 17.8. The van der Waals surface area contributed by atoms with Crippen LogP contribution in [0, 0.1) is 0 Å². The van der Waals surface area contributed by atoms with Gasteiger partial charge in [0.05, 0.1) is 17.8 Å². The Balaban J connectivity index is 1.80. The molecule has 0 fully saturated rings. The number of nitrogens with zero attached hydrogens (tertiary/aromatic N) is 5. The molecule has 3 rings (SSSR count). The summed E-state index contributed by atoms with van der Waals surface area (Å²) in [6.45, 7) is 2.62. The lowest BCUT2D eigenvalue weighted by molar-refractivity contribution is 0.102. The number of anilines is 1. The number of aromatic nitrogens is 5. The second kappa shape index (κ2) is 7.62. The maximum Gasteiger partial charge on any atom is 0.277 e. The standard InChI is InChI=1S/C15H14Cl2N6O2/c1-2-3-4-25-13-6-12(19-8-20-13)21-15(24)10-7-18-14-9(16)5-11(17)22-23(10)14/h5-8H,2-4H2,1H3,(H,19,20,21,24). The molecule has 0 atom stereocenters. The monoisotopic (exact) mass is 380 g/mol. The summed E-state index contributed by atoms with van der Waals surface area (Å²) in [7, 11) is 0. The SMILES string of the molecule is CCCCOc1cc(NC(=O)c2cnc3c(Cl)cc(Cl)nn23)ncn1. The van der Waals surface area contributed by atoms with Crippen molar-refractivity contribution < 1.29 is 9.53 Å². The van der Waals surface area contributed by atoms with Crippen molar-refractivity contribution in [2.24, 2.45) is 0 Å². The lowest BCUT2D eigenvalue weighted by atomic mass is 10.4. The van der Waals surface area contributed by atoms with Gasteiger partial charge in [0.1, 0.15) is 12.1 Å². The Morgan fingerprint density at radius 2 is 2.12 bits per heavy atom. The fourth-order valence-electron chi connectivity index (χ4n) is 2.05. The number of unbranched alkanes of at least 4 members (excludes halogenated alkanes) is 1. The number of fused-ring (bicyclic) bond motifs is 1. The number of amides is 1. The van der Waals surface area contributed by atoms with Gasteiger partial charge in [0, 0.05) is 6.07 Å². The molecule has 3 aromatic rings. The molecular weight excluding hydrogens is 367 g/mol. The molecule has 0 unspecified atom stereocenters. The molecule has 8 nitrogen and oxygen atoms in total. The van der Waals surface area contributed by atoms with Gasteiger partial charge in [0.2, 0.25) is 5.88 Å².